The van der Waals surface area contributed by atoms with Gasteiger partial charge in [-0.1, -0.05) is 127 Å². The Morgan fingerprint density at radius 3 is 1.45 bits per heavy atom. The monoisotopic (exact) mass is 713 g/mol. The van der Waals surface area contributed by atoms with Gasteiger partial charge in [0.05, 0.1) is 22.1 Å². The lowest BCUT2D eigenvalue weighted by atomic mass is 9.98. The lowest BCUT2D eigenvalue weighted by molar-refractivity contribution is 1.18. The molecule has 0 atom stereocenters. The maximum Gasteiger partial charge on any atom is 0.0547 e. The maximum atomic E-state index is 4.30. The van der Waals surface area contributed by atoms with Gasteiger partial charge in [0, 0.05) is 45.3 Å². The van der Waals surface area contributed by atoms with E-state index in [9.17, 15) is 0 Å². The number of rotatable bonds is 6. The Labute approximate surface area is 325 Å². The van der Waals surface area contributed by atoms with Crippen molar-refractivity contribution in [2.75, 3.05) is 0 Å². The molecule has 0 bridgehead atoms. The highest BCUT2D eigenvalue weighted by molar-refractivity contribution is 6.12. The van der Waals surface area contributed by atoms with Crippen LogP contribution in [0.25, 0.3) is 99.5 Å². The van der Waals surface area contributed by atoms with Crippen molar-refractivity contribution in [1.82, 2.24) is 14.1 Å². The first-order chi connectivity index (χ1) is 27.8. The van der Waals surface area contributed by atoms with Crippen molar-refractivity contribution >= 4 is 43.6 Å². The number of hydrogen-bond acceptors (Lipinski definition) is 1. The van der Waals surface area contributed by atoms with E-state index in [0.29, 0.717) is 0 Å². The summed E-state index contributed by atoms with van der Waals surface area (Å²) in [5.41, 5.74) is 16.5. The van der Waals surface area contributed by atoms with E-state index in [0.717, 1.165) is 22.5 Å². The largest absolute Gasteiger partial charge is 0.309 e. The molecular formula is C53H35N3. The molecule has 0 radical (unpaired) electrons. The summed E-state index contributed by atoms with van der Waals surface area (Å²) in [7, 11) is 0. The molecule has 3 nitrogen and oxygen atoms in total. The molecule has 0 aliphatic heterocycles. The highest BCUT2D eigenvalue weighted by Crippen LogP contribution is 2.40. The number of nitrogens with zero attached hydrogens (tertiary/aromatic N) is 3. The summed E-state index contributed by atoms with van der Waals surface area (Å²) in [5.74, 6) is 0. The number of pyridine rings is 1. The molecule has 3 aromatic heterocycles. The Morgan fingerprint density at radius 1 is 0.250 bits per heavy atom. The van der Waals surface area contributed by atoms with Crippen LogP contribution in [-0.4, -0.2) is 14.1 Å². The van der Waals surface area contributed by atoms with Crippen molar-refractivity contribution in [2.45, 2.75) is 0 Å². The minimum absolute atomic E-state index is 1.12. The third kappa shape index (κ3) is 5.32. The molecule has 3 heteroatoms. The Bertz CT molecular complexity index is 3170. The van der Waals surface area contributed by atoms with Crippen molar-refractivity contribution < 1.29 is 0 Å². The van der Waals surface area contributed by atoms with E-state index in [4.69, 9.17) is 0 Å². The molecule has 0 spiro atoms. The van der Waals surface area contributed by atoms with Crippen LogP contribution in [0.15, 0.2) is 213 Å². The van der Waals surface area contributed by atoms with Crippen LogP contribution in [0.4, 0.5) is 0 Å². The van der Waals surface area contributed by atoms with E-state index in [-0.39, 0.29) is 0 Å². The van der Waals surface area contributed by atoms with Gasteiger partial charge in [0.25, 0.3) is 0 Å². The maximum absolute atomic E-state index is 4.30. The fraction of sp³-hybridized carbons (Fsp3) is 0. The number of hydrogen-bond donors (Lipinski definition) is 0. The lowest BCUT2D eigenvalue weighted by Gasteiger charge is -2.14. The number of aromatic nitrogens is 3. The molecule has 0 N–H and O–H groups in total. The molecule has 56 heavy (non-hydrogen) atoms. The summed E-state index contributed by atoms with van der Waals surface area (Å²) in [6.45, 7) is 0. The van der Waals surface area contributed by atoms with Crippen molar-refractivity contribution in [3.05, 3.63) is 213 Å². The highest BCUT2D eigenvalue weighted by Gasteiger charge is 2.18. The van der Waals surface area contributed by atoms with Gasteiger partial charge in [0.1, 0.15) is 0 Å². The molecule has 0 saturated carbocycles. The number of para-hydroxylation sites is 2. The highest BCUT2D eigenvalue weighted by atomic mass is 15.0. The second-order valence-electron chi connectivity index (χ2n) is 14.5. The summed E-state index contributed by atoms with van der Waals surface area (Å²) < 4.78 is 4.84. The molecule has 11 rings (SSSR count). The van der Waals surface area contributed by atoms with Crippen LogP contribution in [0.3, 0.4) is 0 Å². The summed E-state index contributed by atoms with van der Waals surface area (Å²) in [6.07, 6.45) is 3.74. The number of fused-ring (bicyclic) bond motifs is 6. The van der Waals surface area contributed by atoms with Crippen LogP contribution in [0, 0.1) is 0 Å². The van der Waals surface area contributed by atoms with Gasteiger partial charge in [0.15, 0.2) is 0 Å². The van der Waals surface area contributed by atoms with Crippen molar-refractivity contribution in [3.63, 3.8) is 0 Å². The van der Waals surface area contributed by atoms with Crippen molar-refractivity contribution in [2.24, 2.45) is 0 Å². The van der Waals surface area contributed by atoms with Crippen molar-refractivity contribution in [1.29, 1.82) is 0 Å². The lowest BCUT2D eigenvalue weighted by Crippen LogP contribution is -1.96. The van der Waals surface area contributed by atoms with Crippen LogP contribution < -0.4 is 0 Å². The average molecular weight is 714 g/mol. The summed E-state index contributed by atoms with van der Waals surface area (Å²) in [5, 5.41) is 4.95. The van der Waals surface area contributed by atoms with E-state index in [2.05, 4.69) is 214 Å². The topological polar surface area (TPSA) is 22.8 Å². The molecular weight excluding hydrogens is 679 g/mol. The van der Waals surface area contributed by atoms with Gasteiger partial charge in [-0.15, -0.1) is 0 Å². The second kappa shape index (κ2) is 13.1. The zero-order valence-electron chi connectivity index (χ0n) is 30.5. The smallest absolute Gasteiger partial charge is 0.0547 e. The zero-order valence-corrected chi connectivity index (χ0v) is 30.5. The Hall–Kier alpha value is -7.49. The van der Waals surface area contributed by atoms with E-state index >= 15 is 0 Å². The summed E-state index contributed by atoms with van der Waals surface area (Å²) >= 11 is 0. The van der Waals surface area contributed by atoms with Gasteiger partial charge in [-0.05, 0) is 117 Å². The normalized spacial score (nSPS) is 11.6. The quantitative estimate of drug-likeness (QED) is 0.168. The first-order valence-corrected chi connectivity index (χ1v) is 19.1. The molecule has 262 valence electrons. The van der Waals surface area contributed by atoms with Gasteiger partial charge >= 0.3 is 0 Å². The standard InChI is InChI=1S/C53H35N3/c1-3-12-36(13-4-1)39-16-11-17-44(31-39)55-51-21-10-8-19-47(51)49-34-40(23-25-52(49)55)41-22-24-48-46-18-7-9-20-50(46)56(53(48)35-41)45-32-42(37-14-5-2-6-15-37)30-43(33-45)38-26-28-54-29-27-38/h1-35H. The molecule has 0 fully saturated rings. The van der Waals surface area contributed by atoms with E-state index in [1.165, 1.54) is 77.0 Å². The van der Waals surface area contributed by atoms with E-state index < -0.39 is 0 Å². The zero-order chi connectivity index (χ0) is 37.0. The van der Waals surface area contributed by atoms with Crippen LogP contribution in [0.5, 0.6) is 0 Å². The Kier molecular flexibility index (Phi) is 7.49. The first kappa shape index (κ1) is 32.0. The van der Waals surface area contributed by atoms with Gasteiger partial charge in [-0.25, -0.2) is 0 Å². The van der Waals surface area contributed by atoms with Crippen LogP contribution >= 0.6 is 0 Å². The first-order valence-electron chi connectivity index (χ1n) is 19.1. The fourth-order valence-electron chi connectivity index (χ4n) is 8.56. The predicted octanol–water partition coefficient (Wildman–Crippen LogP) is 13.9. The molecule has 0 amide bonds. The average Bonchev–Trinajstić information content (AvgIpc) is 3.79. The van der Waals surface area contributed by atoms with E-state index in [1.54, 1.807) is 0 Å². The second-order valence-corrected chi connectivity index (χ2v) is 14.5. The summed E-state index contributed by atoms with van der Waals surface area (Å²) in [6, 6.07) is 72.7. The Balaban J connectivity index is 1.10. The Morgan fingerprint density at radius 2 is 0.732 bits per heavy atom. The minimum Gasteiger partial charge on any atom is -0.309 e. The third-order valence-electron chi connectivity index (χ3n) is 11.2. The summed E-state index contributed by atoms with van der Waals surface area (Å²) in [4.78, 5) is 4.30. The molecule has 0 saturated heterocycles. The number of benzene rings is 8. The molecule has 0 unspecified atom stereocenters. The third-order valence-corrected chi connectivity index (χ3v) is 11.2. The van der Waals surface area contributed by atoms with Crippen LogP contribution in [0.1, 0.15) is 0 Å². The van der Waals surface area contributed by atoms with E-state index in [1.807, 2.05) is 12.4 Å². The van der Waals surface area contributed by atoms with Crippen molar-refractivity contribution in [3.8, 4) is 55.9 Å². The molecule has 11 aromatic rings. The minimum atomic E-state index is 1.12. The molecule has 8 aromatic carbocycles. The SMILES string of the molecule is c1ccc(-c2cccc(-n3c4ccccc4c4cc(-c5ccc6c7ccccc7n(-c7cc(-c8ccccc8)cc(-c8ccncc8)c7)c6c5)ccc43)c2)cc1. The van der Waals surface area contributed by atoms with Gasteiger partial charge in [0.2, 0.25) is 0 Å². The molecule has 3 heterocycles. The molecule has 0 aliphatic rings. The van der Waals surface area contributed by atoms with Gasteiger partial charge in [-0.3, -0.25) is 4.98 Å². The predicted molar refractivity (Wildman–Crippen MR) is 235 cm³/mol. The molecule has 0 aliphatic carbocycles. The van der Waals surface area contributed by atoms with Gasteiger partial charge < -0.3 is 9.13 Å². The fourth-order valence-corrected chi connectivity index (χ4v) is 8.56. The van der Waals surface area contributed by atoms with Crippen LogP contribution in [0.2, 0.25) is 0 Å². The van der Waals surface area contributed by atoms with Gasteiger partial charge in [-0.2, -0.15) is 0 Å². The van der Waals surface area contributed by atoms with Crippen LogP contribution in [-0.2, 0) is 0 Å².